The van der Waals surface area contributed by atoms with Gasteiger partial charge < -0.3 is 19.8 Å². The number of piperidine rings is 1. The monoisotopic (exact) mass is 555 g/mol. The molecule has 1 aromatic carbocycles. The topological polar surface area (TPSA) is 76.1 Å². The van der Waals surface area contributed by atoms with Crippen LogP contribution in [0.5, 0.6) is 5.75 Å². The molecular formula is C31H46ClN5O2. The summed E-state index contributed by atoms with van der Waals surface area (Å²) in [6, 6.07) is 12.2. The largest absolute Gasteiger partial charge is 0.497 e. The van der Waals surface area contributed by atoms with Crippen molar-refractivity contribution in [3.63, 3.8) is 0 Å². The number of amides is 1. The number of hydrogen-bond donors (Lipinski definition) is 1. The lowest BCUT2D eigenvalue weighted by Gasteiger charge is -2.30. The number of rotatable bonds is 11. The number of hydrogen-bond acceptors (Lipinski definition) is 5. The molecule has 0 aliphatic carbocycles. The highest BCUT2D eigenvalue weighted by Crippen LogP contribution is 2.29. The second kappa shape index (κ2) is 14.1. The Morgan fingerprint density at radius 1 is 1.08 bits per heavy atom. The third kappa shape index (κ3) is 7.96. The first-order valence-corrected chi connectivity index (χ1v) is 14.2. The summed E-state index contributed by atoms with van der Waals surface area (Å²) >= 11 is 0. The molecule has 214 valence electrons. The van der Waals surface area contributed by atoms with E-state index in [1.54, 1.807) is 7.11 Å². The van der Waals surface area contributed by atoms with Gasteiger partial charge in [0.2, 0.25) is 0 Å². The van der Waals surface area contributed by atoms with E-state index in [0.717, 1.165) is 86.8 Å². The summed E-state index contributed by atoms with van der Waals surface area (Å²) in [4.78, 5) is 23.3. The van der Waals surface area contributed by atoms with E-state index < -0.39 is 0 Å². The molecule has 1 fully saturated rings. The second-order valence-electron chi connectivity index (χ2n) is 11.6. The summed E-state index contributed by atoms with van der Waals surface area (Å²) in [7, 11) is 1.68. The SMILES string of the molecule is COc1cccc(-c2nc3ccc(C(=O)N(CCC(C)C)CCC(C)C)cn3c2CN2CCC(N)CC2)c1.Cl. The number of halogens is 1. The van der Waals surface area contributed by atoms with Gasteiger partial charge in [-0.05, 0) is 61.8 Å². The molecule has 2 aromatic heterocycles. The van der Waals surface area contributed by atoms with E-state index in [2.05, 4.69) is 43.1 Å². The van der Waals surface area contributed by atoms with Crippen LogP contribution in [0.4, 0.5) is 0 Å². The Labute approximate surface area is 240 Å². The van der Waals surface area contributed by atoms with Crippen LogP contribution in [0.25, 0.3) is 16.9 Å². The zero-order valence-corrected chi connectivity index (χ0v) is 25.0. The Bertz CT molecular complexity index is 1200. The van der Waals surface area contributed by atoms with Gasteiger partial charge in [-0.25, -0.2) is 4.98 Å². The summed E-state index contributed by atoms with van der Waals surface area (Å²) in [5.74, 6) is 2.00. The molecule has 0 spiro atoms. The van der Waals surface area contributed by atoms with Crippen molar-refractivity contribution in [3.8, 4) is 17.0 Å². The molecule has 7 nitrogen and oxygen atoms in total. The van der Waals surface area contributed by atoms with E-state index in [0.29, 0.717) is 17.4 Å². The predicted molar refractivity (Wildman–Crippen MR) is 162 cm³/mol. The summed E-state index contributed by atoms with van der Waals surface area (Å²) in [5, 5.41) is 0. The van der Waals surface area contributed by atoms with Gasteiger partial charge in [-0.3, -0.25) is 9.69 Å². The second-order valence-corrected chi connectivity index (χ2v) is 11.6. The van der Waals surface area contributed by atoms with E-state index in [4.69, 9.17) is 15.5 Å². The standard InChI is InChI=1S/C31H45N5O2.ClH/c1-22(2)11-17-35(18-12-23(3)4)31(37)25-9-10-29-33-30(24-7-6-8-27(19-24)38-5)28(36(29)20-25)21-34-15-13-26(32)14-16-34;/h6-10,19-20,22-23,26H,11-18,21,32H2,1-5H3;1H. The fourth-order valence-corrected chi connectivity index (χ4v) is 5.02. The molecule has 3 heterocycles. The van der Waals surface area contributed by atoms with E-state index in [-0.39, 0.29) is 24.4 Å². The van der Waals surface area contributed by atoms with Crippen LogP contribution in [0.1, 0.15) is 69.4 Å². The van der Waals surface area contributed by atoms with Gasteiger partial charge in [0.05, 0.1) is 24.1 Å². The molecule has 3 aromatic rings. The molecule has 1 saturated heterocycles. The summed E-state index contributed by atoms with van der Waals surface area (Å²) < 4.78 is 7.62. The third-order valence-electron chi connectivity index (χ3n) is 7.55. The lowest BCUT2D eigenvalue weighted by atomic mass is 10.0. The average molecular weight is 556 g/mol. The molecule has 0 unspecified atom stereocenters. The number of nitrogens with two attached hydrogens (primary N) is 1. The highest BCUT2D eigenvalue weighted by atomic mass is 35.5. The first-order valence-electron chi connectivity index (χ1n) is 14.2. The molecule has 0 radical (unpaired) electrons. The molecule has 1 amide bonds. The van der Waals surface area contributed by atoms with Crippen molar-refractivity contribution in [2.75, 3.05) is 33.3 Å². The molecule has 0 bridgehead atoms. The average Bonchev–Trinajstić information content (AvgIpc) is 3.27. The molecule has 1 aliphatic rings. The first kappa shape index (κ1) is 30.9. The molecular weight excluding hydrogens is 510 g/mol. The quantitative estimate of drug-likeness (QED) is 0.319. The molecule has 39 heavy (non-hydrogen) atoms. The highest BCUT2D eigenvalue weighted by Gasteiger charge is 2.23. The molecule has 0 saturated carbocycles. The third-order valence-corrected chi connectivity index (χ3v) is 7.55. The number of aromatic nitrogens is 2. The van der Waals surface area contributed by atoms with Crippen LogP contribution in [-0.2, 0) is 6.54 Å². The zero-order valence-electron chi connectivity index (χ0n) is 24.2. The van der Waals surface area contributed by atoms with Crippen molar-refractivity contribution in [1.82, 2.24) is 19.2 Å². The van der Waals surface area contributed by atoms with Crippen molar-refractivity contribution >= 4 is 24.0 Å². The summed E-state index contributed by atoms with van der Waals surface area (Å²) in [5.41, 5.74) is 10.8. The lowest BCUT2D eigenvalue weighted by Crippen LogP contribution is -2.39. The number of benzene rings is 1. The molecule has 4 rings (SSSR count). The fraction of sp³-hybridized carbons (Fsp3) is 0.548. The van der Waals surface area contributed by atoms with Gasteiger partial charge in [0, 0.05) is 50.5 Å². The minimum absolute atomic E-state index is 0. The predicted octanol–water partition coefficient (Wildman–Crippen LogP) is 5.89. The van der Waals surface area contributed by atoms with Crippen LogP contribution in [0.15, 0.2) is 42.6 Å². The van der Waals surface area contributed by atoms with Crippen LogP contribution >= 0.6 is 12.4 Å². The molecule has 2 N–H and O–H groups in total. The van der Waals surface area contributed by atoms with E-state index in [9.17, 15) is 4.79 Å². The van der Waals surface area contributed by atoms with E-state index in [1.807, 2.05) is 41.4 Å². The Kier molecular flexibility index (Phi) is 11.2. The number of carbonyl (C=O) groups is 1. The highest BCUT2D eigenvalue weighted by molar-refractivity contribution is 5.94. The van der Waals surface area contributed by atoms with Gasteiger partial charge in [-0.1, -0.05) is 39.8 Å². The number of methoxy groups -OCH3 is 1. The van der Waals surface area contributed by atoms with E-state index in [1.165, 1.54) is 0 Å². The number of ether oxygens (including phenoxy) is 1. The van der Waals surface area contributed by atoms with Crippen molar-refractivity contribution in [3.05, 3.63) is 53.9 Å². The number of nitrogens with zero attached hydrogens (tertiary/aromatic N) is 4. The maximum absolute atomic E-state index is 13.8. The summed E-state index contributed by atoms with van der Waals surface area (Å²) in [6.07, 6.45) is 5.99. The van der Waals surface area contributed by atoms with Crippen molar-refractivity contribution < 1.29 is 9.53 Å². The van der Waals surface area contributed by atoms with Gasteiger partial charge in [-0.15, -0.1) is 12.4 Å². The van der Waals surface area contributed by atoms with Gasteiger partial charge in [0.15, 0.2) is 0 Å². The van der Waals surface area contributed by atoms with Gasteiger partial charge in [-0.2, -0.15) is 0 Å². The number of carbonyl (C=O) groups excluding carboxylic acids is 1. The van der Waals surface area contributed by atoms with Gasteiger partial charge in [0.25, 0.3) is 5.91 Å². The number of imidazole rings is 1. The Balaban J connectivity index is 0.00000420. The number of pyridine rings is 1. The van der Waals surface area contributed by atoms with Crippen LogP contribution in [0.2, 0.25) is 0 Å². The van der Waals surface area contributed by atoms with E-state index >= 15 is 0 Å². The minimum Gasteiger partial charge on any atom is -0.497 e. The van der Waals surface area contributed by atoms with Crippen LogP contribution in [0, 0.1) is 11.8 Å². The summed E-state index contributed by atoms with van der Waals surface area (Å²) in [6.45, 7) is 13.1. The maximum Gasteiger partial charge on any atom is 0.255 e. The normalized spacial score (nSPS) is 14.7. The lowest BCUT2D eigenvalue weighted by molar-refractivity contribution is 0.0740. The molecule has 1 aliphatic heterocycles. The maximum atomic E-state index is 13.8. The number of likely N-dealkylation sites (tertiary alicyclic amines) is 1. The van der Waals surface area contributed by atoms with Crippen molar-refractivity contribution in [2.45, 2.75) is 66.0 Å². The number of fused-ring (bicyclic) bond motifs is 1. The van der Waals surface area contributed by atoms with Crippen molar-refractivity contribution in [1.29, 1.82) is 0 Å². The Morgan fingerprint density at radius 3 is 2.36 bits per heavy atom. The first-order chi connectivity index (χ1) is 18.2. The Hall–Kier alpha value is -2.61. The van der Waals surface area contributed by atoms with Crippen LogP contribution in [0.3, 0.4) is 0 Å². The van der Waals surface area contributed by atoms with Crippen LogP contribution < -0.4 is 10.5 Å². The minimum atomic E-state index is 0. The van der Waals surface area contributed by atoms with Crippen LogP contribution in [-0.4, -0.2) is 64.4 Å². The molecule has 0 atom stereocenters. The molecule has 8 heteroatoms. The smallest absolute Gasteiger partial charge is 0.255 e. The fourth-order valence-electron chi connectivity index (χ4n) is 5.02. The Morgan fingerprint density at radius 2 is 1.74 bits per heavy atom. The van der Waals surface area contributed by atoms with Crippen molar-refractivity contribution in [2.24, 2.45) is 17.6 Å². The zero-order chi connectivity index (χ0) is 27.2. The van der Waals surface area contributed by atoms with Gasteiger partial charge in [0.1, 0.15) is 11.4 Å². The van der Waals surface area contributed by atoms with Gasteiger partial charge >= 0.3 is 0 Å².